The molecule has 1 aromatic carbocycles. The highest BCUT2D eigenvalue weighted by molar-refractivity contribution is 5.93. The number of allylic oxidation sites excluding steroid dienone is 2. The summed E-state index contributed by atoms with van der Waals surface area (Å²) in [4.78, 5) is 25.2. The van der Waals surface area contributed by atoms with Gasteiger partial charge in [-0.1, -0.05) is 30.4 Å². The molecular weight excluding hydrogens is 290 g/mol. The number of nitrogens with zero attached hydrogens (tertiary/aromatic N) is 2. The van der Waals surface area contributed by atoms with Crippen molar-refractivity contribution in [1.82, 2.24) is 9.36 Å². The highest BCUT2D eigenvalue weighted by Gasteiger charge is 2.23. The van der Waals surface area contributed by atoms with Crippen LogP contribution in [0.4, 0.5) is 5.69 Å². The Balaban J connectivity index is 1.93. The van der Waals surface area contributed by atoms with Crippen LogP contribution in [-0.2, 0) is 11.8 Å². The first-order chi connectivity index (χ1) is 11.1. The van der Waals surface area contributed by atoms with Crippen molar-refractivity contribution in [2.45, 2.75) is 26.2 Å². The molecule has 23 heavy (non-hydrogen) atoms. The molecule has 5 heteroatoms. The van der Waals surface area contributed by atoms with Crippen LogP contribution < -0.4 is 10.9 Å². The number of hydrogen-bond donors (Lipinski definition) is 1. The summed E-state index contributed by atoms with van der Waals surface area (Å²) in [6, 6.07) is 9.42. The molecule has 0 radical (unpaired) electrons. The minimum atomic E-state index is -0.198. The first-order valence-corrected chi connectivity index (χ1v) is 7.89. The molecule has 1 unspecified atom stereocenters. The number of amides is 1. The van der Waals surface area contributed by atoms with E-state index in [4.69, 9.17) is 0 Å². The number of aromatic nitrogens is 2. The van der Waals surface area contributed by atoms with E-state index in [0.29, 0.717) is 5.69 Å². The summed E-state index contributed by atoms with van der Waals surface area (Å²) in [6.07, 6.45) is 6.62. The number of nitrogens with one attached hydrogen (secondary N) is 1. The molecule has 0 spiro atoms. The zero-order chi connectivity index (χ0) is 16.4. The molecule has 1 heterocycles. The Morgan fingerprint density at radius 2 is 1.96 bits per heavy atom. The maximum Gasteiger partial charge on any atom is 0.295 e. The molecule has 2 aromatic rings. The maximum absolute atomic E-state index is 12.7. The monoisotopic (exact) mass is 311 g/mol. The molecule has 5 nitrogen and oxygen atoms in total. The van der Waals surface area contributed by atoms with E-state index in [9.17, 15) is 9.59 Å². The Bertz CT molecular complexity index is 800. The van der Waals surface area contributed by atoms with Crippen LogP contribution >= 0.6 is 0 Å². The minimum absolute atomic E-state index is 0.0517. The first kappa shape index (κ1) is 15.3. The van der Waals surface area contributed by atoms with E-state index >= 15 is 0 Å². The average molecular weight is 311 g/mol. The lowest BCUT2D eigenvalue weighted by atomic mass is 9.93. The van der Waals surface area contributed by atoms with Crippen molar-refractivity contribution in [3.8, 4) is 5.69 Å². The zero-order valence-corrected chi connectivity index (χ0v) is 13.5. The van der Waals surface area contributed by atoms with Gasteiger partial charge in [0.05, 0.1) is 11.4 Å². The van der Waals surface area contributed by atoms with Gasteiger partial charge in [-0.15, -0.1) is 0 Å². The summed E-state index contributed by atoms with van der Waals surface area (Å²) < 4.78 is 3.35. The molecule has 1 aliphatic rings. The number of carbonyl (C=O) groups is 1. The lowest BCUT2D eigenvalue weighted by Gasteiger charge is -2.16. The third-order valence-electron chi connectivity index (χ3n) is 4.44. The van der Waals surface area contributed by atoms with Gasteiger partial charge in [0, 0.05) is 13.0 Å². The highest BCUT2D eigenvalue weighted by Crippen LogP contribution is 2.21. The molecule has 0 saturated heterocycles. The highest BCUT2D eigenvalue weighted by atomic mass is 16.2. The molecule has 0 aliphatic heterocycles. The number of carbonyl (C=O) groups excluding carboxylic acids is 1. The van der Waals surface area contributed by atoms with E-state index in [0.717, 1.165) is 30.6 Å². The predicted molar refractivity (Wildman–Crippen MR) is 90.9 cm³/mol. The molecule has 1 atom stereocenters. The second-order valence-electron chi connectivity index (χ2n) is 5.91. The normalized spacial score (nSPS) is 17.2. The smallest absolute Gasteiger partial charge is 0.295 e. The van der Waals surface area contributed by atoms with Crippen LogP contribution in [0, 0.1) is 12.8 Å². The van der Waals surface area contributed by atoms with Gasteiger partial charge in [0.25, 0.3) is 5.56 Å². The van der Waals surface area contributed by atoms with Crippen LogP contribution in [0.1, 0.15) is 25.0 Å². The molecule has 0 bridgehead atoms. The van der Waals surface area contributed by atoms with E-state index < -0.39 is 0 Å². The van der Waals surface area contributed by atoms with Crippen LogP contribution in [-0.4, -0.2) is 15.3 Å². The molecule has 1 amide bonds. The number of anilines is 1. The van der Waals surface area contributed by atoms with E-state index in [2.05, 4.69) is 11.4 Å². The number of benzene rings is 1. The lowest BCUT2D eigenvalue weighted by Crippen LogP contribution is -2.27. The zero-order valence-electron chi connectivity index (χ0n) is 13.5. The first-order valence-electron chi connectivity index (χ1n) is 7.89. The summed E-state index contributed by atoms with van der Waals surface area (Å²) in [5, 5.41) is 2.85. The van der Waals surface area contributed by atoms with Crippen molar-refractivity contribution >= 4 is 11.6 Å². The number of hydrogen-bond acceptors (Lipinski definition) is 2. The molecule has 120 valence electrons. The summed E-state index contributed by atoms with van der Waals surface area (Å²) in [7, 11) is 1.82. The summed E-state index contributed by atoms with van der Waals surface area (Å²) >= 11 is 0. The van der Waals surface area contributed by atoms with E-state index in [1.165, 1.54) is 0 Å². The summed E-state index contributed by atoms with van der Waals surface area (Å²) in [6.45, 7) is 1.84. The van der Waals surface area contributed by atoms with Crippen LogP contribution in [0.3, 0.4) is 0 Å². The predicted octanol–water partition coefficient (Wildman–Crippen LogP) is 2.78. The minimum Gasteiger partial charge on any atom is -0.320 e. The Labute approximate surface area is 135 Å². The molecule has 1 N–H and O–H groups in total. The van der Waals surface area contributed by atoms with Crippen LogP contribution in [0.5, 0.6) is 0 Å². The Morgan fingerprint density at radius 1 is 1.22 bits per heavy atom. The molecule has 1 aromatic heterocycles. The lowest BCUT2D eigenvalue weighted by molar-refractivity contribution is -0.120. The van der Waals surface area contributed by atoms with Gasteiger partial charge < -0.3 is 5.32 Å². The number of rotatable bonds is 3. The van der Waals surface area contributed by atoms with Gasteiger partial charge >= 0.3 is 0 Å². The third kappa shape index (κ3) is 2.86. The van der Waals surface area contributed by atoms with Crippen molar-refractivity contribution in [2.24, 2.45) is 13.0 Å². The van der Waals surface area contributed by atoms with Gasteiger partial charge in [-0.25, -0.2) is 4.68 Å². The maximum atomic E-state index is 12.7. The second kappa shape index (κ2) is 6.28. The Kier molecular flexibility index (Phi) is 4.19. The third-order valence-corrected chi connectivity index (χ3v) is 4.44. The molecule has 0 fully saturated rings. The van der Waals surface area contributed by atoms with Crippen LogP contribution in [0.25, 0.3) is 5.69 Å². The van der Waals surface area contributed by atoms with Crippen molar-refractivity contribution in [3.05, 3.63) is 58.5 Å². The van der Waals surface area contributed by atoms with E-state index in [1.54, 1.807) is 9.36 Å². The van der Waals surface area contributed by atoms with Gasteiger partial charge in [-0.2, -0.15) is 0 Å². The molecular formula is C18H21N3O2. The summed E-state index contributed by atoms with van der Waals surface area (Å²) in [5.74, 6) is -0.121. The van der Waals surface area contributed by atoms with E-state index in [-0.39, 0.29) is 17.4 Å². The average Bonchev–Trinajstić information content (AvgIpc) is 2.80. The topological polar surface area (TPSA) is 56.0 Å². The largest absolute Gasteiger partial charge is 0.320 e. The van der Waals surface area contributed by atoms with Gasteiger partial charge in [0.15, 0.2) is 0 Å². The van der Waals surface area contributed by atoms with Crippen LogP contribution in [0.2, 0.25) is 0 Å². The second-order valence-corrected chi connectivity index (χ2v) is 5.91. The quantitative estimate of drug-likeness (QED) is 0.886. The van der Waals surface area contributed by atoms with Gasteiger partial charge in [-0.3, -0.25) is 14.3 Å². The SMILES string of the molecule is Cc1c(NC(=O)C2CC=CCC2)c(=O)n(-c2ccccc2)n1C. The van der Waals surface area contributed by atoms with Gasteiger partial charge in [0.1, 0.15) is 5.69 Å². The van der Waals surface area contributed by atoms with Crippen molar-refractivity contribution in [1.29, 1.82) is 0 Å². The fourth-order valence-corrected chi connectivity index (χ4v) is 2.97. The fourth-order valence-electron chi connectivity index (χ4n) is 2.97. The fraction of sp³-hybridized carbons (Fsp3) is 0.333. The number of para-hydroxylation sites is 1. The summed E-state index contributed by atoms with van der Waals surface area (Å²) in [5.41, 5.74) is 1.70. The molecule has 0 saturated carbocycles. The van der Waals surface area contributed by atoms with Crippen molar-refractivity contribution in [2.75, 3.05) is 5.32 Å². The van der Waals surface area contributed by atoms with Gasteiger partial charge in [0.2, 0.25) is 5.91 Å². The molecule has 3 rings (SSSR count). The van der Waals surface area contributed by atoms with E-state index in [1.807, 2.05) is 50.4 Å². The Morgan fingerprint density at radius 3 is 2.61 bits per heavy atom. The van der Waals surface area contributed by atoms with Crippen LogP contribution in [0.15, 0.2) is 47.3 Å². The van der Waals surface area contributed by atoms with Crippen molar-refractivity contribution in [3.63, 3.8) is 0 Å². The van der Waals surface area contributed by atoms with Crippen molar-refractivity contribution < 1.29 is 4.79 Å². The molecule has 1 aliphatic carbocycles. The standard InChI is InChI=1S/C18H21N3O2/c1-13-16(19-17(22)14-9-5-3-6-10-14)18(23)21(20(13)2)15-11-7-4-8-12-15/h3-5,7-8,11-12,14H,6,9-10H2,1-2H3,(H,19,22). The van der Waals surface area contributed by atoms with Gasteiger partial charge in [-0.05, 0) is 38.3 Å². The Hall–Kier alpha value is -2.56.